The number of hydrogen-bond donors (Lipinski definition) is 0. The van der Waals surface area contributed by atoms with Gasteiger partial charge in [-0.25, -0.2) is 0 Å². The molecule has 0 spiro atoms. The van der Waals surface area contributed by atoms with Crippen molar-refractivity contribution in [3.05, 3.63) is 182 Å². The van der Waals surface area contributed by atoms with Crippen LogP contribution in [0.1, 0.15) is 26.3 Å². The largest absolute Gasteiger partial charge is 0.308 e. The molecule has 0 amide bonds. The maximum Gasteiger partial charge on any atom is 0.0651 e. The van der Waals surface area contributed by atoms with E-state index in [1.807, 2.05) is 23.7 Å². The van der Waals surface area contributed by atoms with Crippen LogP contribution >= 0.6 is 11.3 Å². The number of para-hydroxylation sites is 1. The summed E-state index contributed by atoms with van der Waals surface area (Å²) in [5.74, 6) is 0. The second-order valence-electron chi connectivity index (χ2n) is 15.3. The number of hydrogen-bond acceptors (Lipinski definition) is 2. The van der Waals surface area contributed by atoms with Crippen LogP contribution in [-0.4, -0.2) is 9.55 Å². The fraction of sp³-hybridized carbons (Fsp3) is 0.0784. The Bertz CT molecular complexity index is 3010. The molecule has 0 aliphatic rings. The van der Waals surface area contributed by atoms with E-state index in [2.05, 4.69) is 189 Å². The van der Waals surface area contributed by atoms with Crippen molar-refractivity contribution >= 4 is 53.3 Å². The first-order valence-electron chi connectivity index (χ1n) is 18.6. The first-order valence-corrected chi connectivity index (χ1v) is 19.4. The van der Waals surface area contributed by atoms with Gasteiger partial charge in [0.15, 0.2) is 0 Å². The van der Waals surface area contributed by atoms with Crippen molar-refractivity contribution in [2.75, 3.05) is 0 Å². The summed E-state index contributed by atoms with van der Waals surface area (Å²) in [6.45, 7) is 6.79. The van der Waals surface area contributed by atoms with E-state index < -0.39 is 0 Å². The van der Waals surface area contributed by atoms with Crippen LogP contribution in [-0.2, 0) is 5.41 Å². The highest BCUT2D eigenvalue weighted by molar-refractivity contribution is 7.26. The summed E-state index contributed by atoms with van der Waals surface area (Å²) in [4.78, 5) is 4.90. The molecule has 54 heavy (non-hydrogen) atoms. The fourth-order valence-corrected chi connectivity index (χ4v) is 9.26. The van der Waals surface area contributed by atoms with Gasteiger partial charge in [0.1, 0.15) is 0 Å². The van der Waals surface area contributed by atoms with Gasteiger partial charge in [-0.3, -0.25) is 4.98 Å². The molecule has 10 aromatic rings. The number of aromatic nitrogens is 2. The second-order valence-corrected chi connectivity index (χ2v) is 16.3. The summed E-state index contributed by atoms with van der Waals surface area (Å²) in [6, 6.07) is 60.1. The van der Waals surface area contributed by atoms with Crippen molar-refractivity contribution in [3.8, 4) is 50.2 Å². The molecule has 2 nitrogen and oxygen atoms in total. The minimum absolute atomic E-state index is 0.0984. The molecule has 3 heterocycles. The zero-order valence-corrected chi connectivity index (χ0v) is 31.4. The Morgan fingerprint density at radius 2 is 1.07 bits per heavy atom. The molecule has 0 saturated carbocycles. The Morgan fingerprint density at radius 3 is 1.85 bits per heavy atom. The fourth-order valence-electron chi connectivity index (χ4n) is 8.02. The molecule has 0 unspecified atom stereocenters. The van der Waals surface area contributed by atoms with Crippen molar-refractivity contribution in [1.82, 2.24) is 9.55 Å². The molecule has 0 saturated heterocycles. The molecule has 0 radical (unpaired) electrons. The van der Waals surface area contributed by atoms with Crippen molar-refractivity contribution in [1.29, 1.82) is 0 Å². The summed E-state index contributed by atoms with van der Waals surface area (Å²) in [6.07, 6.45) is 4.00. The van der Waals surface area contributed by atoms with Gasteiger partial charge in [0.2, 0.25) is 0 Å². The van der Waals surface area contributed by atoms with Gasteiger partial charge in [0, 0.05) is 42.7 Å². The third kappa shape index (κ3) is 5.52. The molecule has 0 aliphatic carbocycles. The summed E-state index contributed by atoms with van der Waals surface area (Å²) >= 11 is 1.88. The Kier molecular flexibility index (Phi) is 7.60. The number of rotatable bonds is 5. The van der Waals surface area contributed by atoms with Gasteiger partial charge in [-0.15, -0.1) is 11.3 Å². The lowest BCUT2D eigenvalue weighted by molar-refractivity contribution is 0.590. The molecule has 3 heteroatoms. The highest BCUT2D eigenvalue weighted by Crippen LogP contribution is 2.42. The number of thiophene rings is 1. The van der Waals surface area contributed by atoms with E-state index in [0.717, 1.165) is 16.8 Å². The van der Waals surface area contributed by atoms with E-state index in [4.69, 9.17) is 4.98 Å². The lowest BCUT2D eigenvalue weighted by Crippen LogP contribution is -2.10. The quantitative estimate of drug-likeness (QED) is 0.174. The molecule has 0 bridgehead atoms. The number of benzene rings is 7. The third-order valence-corrected chi connectivity index (χ3v) is 12.0. The first-order chi connectivity index (χ1) is 26.4. The van der Waals surface area contributed by atoms with Crippen LogP contribution < -0.4 is 0 Å². The van der Waals surface area contributed by atoms with Crippen molar-refractivity contribution in [3.63, 3.8) is 0 Å². The van der Waals surface area contributed by atoms with Crippen molar-refractivity contribution in [2.45, 2.75) is 26.2 Å². The number of fused-ring (bicyclic) bond motifs is 6. The van der Waals surface area contributed by atoms with Gasteiger partial charge in [0.05, 0.1) is 22.9 Å². The van der Waals surface area contributed by atoms with Crippen molar-refractivity contribution < 1.29 is 0 Å². The predicted octanol–water partition coefficient (Wildman–Crippen LogP) is 14.5. The number of nitrogens with zero attached hydrogens (tertiary/aromatic N) is 2. The average molecular weight is 711 g/mol. The van der Waals surface area contributed by atoms with Gasteiger partial charge >= 0.3 is 0 Å². The molecule has 7 aromatic carbocycles. The van der Waals surface area contributed by atoms with Crippen LogP contribution in [0.3, 0.4) is 0 Å². The highest BCUT2D eigenvalue weighted by Gasteiger charge is 2.18. The summed E-state index contributed by atoms with van der Waals surface area (Å²) < 4.78 is 5.04. The Balaban J connectivity index is 1.14. The molecular weight excluding hydrogens is 673 g/mol. The van der Waals surface area contributed by atoms with Gasteiger partial charge in [-0.05, 0) is 92.4 Å². The SMILES string of the molecule is CC(C)(C)c1ccc(-c2cc(-c3ccccc3)cc(-c3cncc(-n4c5ccccc5c5ccc(-c6cccc7c6sc6ccccc67)cc54)c3)c2)cc1. The molecule has 10 rings (SSSR count). The standard InChI is InChI=1S/C51H38N2S/c1-51(2,3)40-23-20-34(21-24-40)37-26-36(33-12-5-4-6-13-33)27-38(28-37)39-29-41(32-52-31-39)53-47-18-9-7-14-43(47)44-25-22-35(30-48(44)53)42-16-11-17-46-45-15-8-10-19-49(45)54-50(42)46/h4-32H,1-3H3. The van der Waals surface area contributed by atoms with E-state index in [0.29, 0.717) is 0 Å². The molecule has 0 fully saturated rings. The number of pyridine rings is 1. The molecule has 0 atom stereocenters. The molecule has 3 aromatic heterocycles. The third-order valence-electron chi connectivity index (χ3n) is 10.8. The van der Waals surface area contributed by atoms with Crippen LogP contribution in [0.4, 0.5) is 0 Å². The molecule has 0 aliphatic heterocycles. The second kappa shape index (κ2) is 12.7. The van der Waals surface area contributed by atoms with Gasteiger partial charge in [-0.1, -0.05) is 142 Å². The molecule has 258 valence electrons. The zero-order chi connectivity index (χ0) is 36.4. The Morgan fingerprint density at radius 1 is 0.444 bits per heavy atom. The summed E-state index contributed by atoms with van der Waals surface area (Å²) in [7, 11) is 0. The first kappa shape index (κ1) is 32.4. The van der Waals surface area contributed by atoms with E-state index in [1.54, 1.807) is 0 Å². The summed E-state index contributed by atoms with van der Waals surface area (Å²) in [5.41, 5.74) is 14.3. The Hall–Kier alpha value is -6.29. The normalized spacial score (nSPS) is 12.0. The van der Waals surface area contributed by atoms with Crippen molar-refractivity contribution in [2.24, 2.45) is 0 Å². The van der Waals surface area contributed by atoms with E-state index in [-0.39, 0.29) is 5.41 Å². The van der Waals surface area contributed by atoms with Crippen LogP contribution in [0.25, 0.3) is 92.2 Å². The topological polar surface area (TPSA) is 17.8 Å². The van der Waals surface area contributed by atoms with Crippen LogP contribution in [0.2, 0.25) is 0 Å². The van der Waals surface area contributed by atoms with E-state index in [9.17, 15) is 0 Å². The van der Waals surface area contributed by atoms with E-state index in [1.165, 1.54) is 80.9 Å². The van der Waals surface area contributed by atoms with Crippen LogP contribution in [0.15, 0.2) is 176 Å². The maximum absolute atomic E-state index is 4.90. The molecule has 0 N–H and O–H groups in total. The van der Waals surface area contributed by atoms with Gasteiger partial charge < -0.3 is 4.57 Å². The average Bonchev–Trinajstić information content (AvgIpc) is 3.76. The lowest BCUT2D eigenvalue weighted by atomic mass is 9.86. The Labute approximate surface area is 319 Å². The zero-order valence-electron chi connectivity index (χ0n) is 30.5. The van der Waals surface area contributed by atoms with E-state index >= 15 is 0 Å². The minimum Gasteiger partial charge on any atom is -0.308 e. The lowest BCUT2D eigenvalue weighted by Gasteiger charge is -2.19. The monoisotopic (exact) mass is 710 g/mol. The van der Waals surface area contributed by atoms with Gasteiger partial charge in [-0.2, -0.15) is 0 Å². The summed E-state index contributed by atoms with van der Waals surface area (Å²) in [5, 5.41) is 5.10. The smallest absolute Gasteiger partial charge is 0.0651 e. The minimum atomic E-state index is 0.0984. The van der Waals surface area contributed by atoms with Gasteiger partial charge in [0.25, 0.3) is 0 Å². The highest BCUT2D eigenvalue weighted by atomic mass is 32.1. The predicted molar refractivity (Wildman–Crippen MR) is 232 cm³/mol. The van der Waals surface area contributed by atoms with Crippen LogP contribution in [0, 0.1) is 0 Å². The maximum atomic E-state index is 4.90. The molecular formula is C51H38N2S. The van der Waals surface area contributed by atoms with Crippen LogP contribution in [0.5, 0.6) is 0 Å².